The van der Waals surface area contributed by atoms with Gasteiger partial charge in [0.05, 0.1) is 16.5 Å². The Morgan fingerprint density at radius 3 is 2.72 bits per heavy atom. The topological polar surface area (TPSA) is 85.8 Å². The van der Waals surface area contributed by atoms with E-state index in [0.29, 0.717) is 38.9 Å². The fourth-order valence-corrected chi connectivity index (χ4v) is 3.94. The molecule has 6 nitrogen and oxygen atoms in total. The van der Waals surface area contributed by atoms with E-state index in [9.17, 15) is 13.6 Å². The molecule has 3 rings (SSSR count). The minimum atomic E-state index is -2.59. The van der Waals surface area contributed by atoms with Crippen LogP contribution in [-0.2, 0) is 4.79 Å². The third-order valence-corrected chi connectivity index (χ3v) is 5.84. The molecule has 0 aliphatic carbocycles. The predicted octanol–water partition coefficient (Wildman–Crippen LogP) is 5.01. The van der Waals surface area contributed by atoms with Gasteiger partial charge in [0.25, 0.3) is 5.76 Å². The number of para-hydroxylation sites is 1. The van der Waals surface area contributed by atoms with Gasteiger partial charge in [0.2, 0.25) is 11.1 Å². The second-order valence-electron chi connectivity index (χ2n) is 5.51. The fourth-order valence-electron chi connectivity index (χ4n) is 2.31. The lowest BCUT2D eigenvalue weighted by Gasteiger charge is -2.10. The first-order chi connectivity index (χ1) is 13.8. The Labute approximate surface area is 183 Å². The molecule has 0 radical (unpaired) electrons. The highest BCUT2D eigenvalue weighted by Gasteiger charge is 2.17. The molecule has 0 spiro atoms. The second kappa shape index (κ2) is 9.66. The summed E-state index contributed by atoms with van der Waals surface area (Å²) in [5, 5.41) is 11.7. The molecule has 0 saturated carbocycles. The Morgan fingerprint density at radius 1 is 1.21 bits per heavy atom. The Kier molecular flexibility index (Phi) is 7.23. The van der Waals surface area contributed by atoms with Gasteiger partial charge in [-0.2, -0.15) is 8.78 Å². The Morgan fingerprint density at radius 2 is 1.97 bits per heavy atom. The molecule has 1 amide bonds. The van der Waals surface area contributed by atoms with Crippen molar-refractivity contribution in [1.29, 1.82) is 0 Å². The molecule has 2 aromatic carbocycles. The zero-order valence-electron chi connectivity index (χ0n) is 14.5. The number of carbonyl (C=O) groups excluding carboxylic acids is 1. The molecule has 3 aromatic rings. The van der Waals surface area contributed by atoms with E-state index < -0.39 is 11.7 Å². The summed E-state index contributed by atoms with van der Waals surface area (Å²) in [6.07, 6.45) is 0. The lowest BCUT2D eigenvalue weighted by molar-refractivity contribution is -0.113. The number of alkyl halides is 2. The quantitative estimate of drug-likeness (QED) is 0.368. The van der Waals surface area contributed by atoms with Gasteiger partial charge in [-0.3, -0.25) is 4.79 Å². The van der Waals surface area contributed by atoms with Crippen LogP contribution in [-0.4, -0.2) is 32.3 Å². The third kappa shape index (κ3) is 5.53. The number of nitrogen functional groups attached to an aromatic ring is 1. The number of nitrogens with zero attached hydrogens (tertiary/aromatic N) is 3. The summed E-state index contributed by atoms with van der Waals surface area (Å²) in [6.45, 7) is 0. The molecule has 0 atom stereocenters. The SMILES string of the molecule is Nn1c(SCC(=O)Nc2ccccc2SC(F)F)nnc1-c1cc(Cl)ccc1Cl. The number of benzene rings is 2. The summed E-state index contributed by atoms with van der Waals surface area (Å²) < 4.78 is 26.5. The van der Waals surface area contributed by atoms with Crippen LogP contribution in [0.3, 0.4) is 0 Å². The van der Waals surface area contributed by atoms with Gasteiger partial charge in [-0.25, -0.2) is 4.68 Å². The van der Waals surface area contributed by atoms with Crippen molar-refractivity contribution in [2.75, 3.05) is 16.9 Å². The standard InChI is InChI=1S/C17H13Cl2F2N5OS2/c18-9-5-6-11(19)10(7-9)15-24-25-17(26(15)22)28-8-14(27)23-12-3-1-2-4-13(12)29-16(20)21/h1-7,16H,8,22H2,(H,23,27). The number of hydrogen-bond donors (Lipinski definition) is 2. The lowest BCUT2D eigenvalue weighted by atomic mass is 10.2. The molecule has 3 N–H and O–H groups in total. The molecule has 0 fully saturated rings. The fraction of sp³-hybridized carbons (Fsp3) is 0.118. The first-order valence-corrected chi connectivity index (χ1v) is 10.6. The van der Waals surface area contributed by atoms with Crippen LogP contribution in [0.5, 0.6) is 0 Å². The van der Waals surface area contributed by atoms with Gasteiger partial charge < -0.3 is 11.2 Å². The Balaban J connectivity index is 1.68. The first-order valence-electron chi connectivity index (χ1n) is 7.97. The maximum atomic E-state index is 12.6. The van der Waals surface area contributed by atoms with Gasteiger partial charge in [-0.05, 0) is 30.3 Å². The number of nitrogens with one attached hydrogen (secondary N) is 1. The lowest BCUT2D eigenvalue weighted by Crippen LogP contribution is -2.17. The number of amides is 1. The largest absolute Gasteiger partial charge is 0.335 e. The number of rotatable bonds is 7. The molecule has 152 valence electrons. The highest BCUT2D eigenvalue weighted by Crippen LogP contribution is 2.32. The summed E-state index contributed by atoms with van der Waals surface area (Å²) in [7, 11) is 0. The number of aromatic nitrogens is 3. The number of hydrogen-bond acceptors (Lipinski definition) is 6. The van der Waals surface area contributed by atoms with Crippen molar-refractivity contribution < 1.29 is 13.6 Å². The minimum Gasteiger partial charge on any atom is -0.335 e. The molecule has 1 aromatic heterocycles. The van der Waals surface area contributed by atoms with E-state index in [-0.39, 0.29) is 15.8 Å². The summed E-state index contributed by atoms with van der Waals surface area (Å²) >= 11 is 13.5. The first kappa shape index (κ1) is 21.7. The summed E-state index contributed by atoms with van der Waals surface area (Å²) in [5.41, 5.74) is 0.812. The zero-order chi connectivity index (χ0) is 21.0. The van der Waals surface area contributed by atoms with Crippen molar-refractivity contribution in [2.45, 2.75) is 15.8 Å². The van der Waals surface area contributed by atoms with Gasteiger partial charge >= 0.3 is 0 Å². The number of anilines is 1. The van der Waals surface area contributed by atoms with Crippen LogP contribution in [0.2, 0.25) is 10.0 Å². The van der Waals surface area contributed by atoms with E-state index in [1.165, 1.54) is 10.7 Å². The maximum Gasteiger partial charge on any atom is 0.288 e. The van der Waals surface area contributed by atoms with Gasteiger partial charge in [0.1, 0.15) is 0 Å². The second-order valence-corrected chi connectivity index (χ2v) is 8.33. The highest BCUT2D eigenvalue weighted by molar-refractivity contribution is 8.00. The van der Waals surface area contributed by atoms with Crippen LogP contribution < -0.4 is 11.2 Å². The smallest absolute Gasteiger partial charge is 0.288 e. The van der Waals surface area contributed by atoms with E-state index in [1.54, 1.807) is 36.4 Å². The minimum absolute atomic E-state index is 0.0493. The Bertz CT molecular complexity index is 1030. The third-order valence-electron chi connectivity index (χ3n) is 3.54. The highest BCUT2D eigenvalue weighted by atomic mass is 35.5. The normalized spacial score (nSPS) is 11.1. The molecular weight excluding hydrogens is 463 g/mol. The summed E-state index contributed by atoms with van der Waals surface area (Å²) in [6, 6.07) is 11.2. The average Bonchev–Trinajstić information content (AvgIpc) is 3.03. The summed E-state index contributed by atoms with van der Waals surface area (Å²) in [4.78, 5) is 12.5. The van der Waals surface area contributed by atoms with Gasteiger partial charge in [0, 0.05) is 15.5 Å². The van der Waals surface area contributed by atoms with Crippen LogP contribution >= 0.6 is 46.7 Å². The van der Waals surface area contributed by atoms with Gasteiger partial charge in [-0.1, -0.05) is 58.9 Å². The van der Waals surface area contributed by atoms with Crippen LogP contribution in [0.25, 0.3) is 11.4 Å². The van der Waals surface area contributed by atoms with E-state index in [2.05, 4.69) is 15.5 Å². The van der Waals surface area contributed by atoms with Crippen molar-refractivity contribution in [3.05, 3.63) is 52.5 Å². The molecular formula is C17H13Cl2F2N5OS2. The van der Waals surface area contributed by atoms with Crippen molar-refractivity contribution in [3.63, 3.8) is 0 Å². The van der Waals surface area contributed by atoms with Crippen LogP contribution in [0.4, 0.5) is 14.5 Å². The van der Waals surface area contributed by atoms with Gasteiger partial charge in [0.15, 0.2) is 5.82 Å². The molecule has 29 heavy (non-hydrogen) atoms. The number of nitrogens with two attached hydrogens (primary N) is 1. The van der Waals surface area contributed by atoms with E-state index in [0.717, 1.165) is 11.8 Å². The average molecular weight is 476 g/mol. The number of carbonyl (C=O) groups is 1. The van der Waals surface area contributed by atoms with Crippen molar-refractivity contribution in [3.8, 4) is 11.4 Å². The number of thioether (sulfide) groups is 2. The van der Waals surface area contributed by atoms with Crippen LogP contribution in [0, 0.1) is 0 Å². The number of halogens is 4. The Hall–Kier alpha value is -2.01. The van der Waals surface area contributed by atoms with Crippen molar-refractivity contribution >= 4 is 58.3 Å². The molecule has 12 heteroatoms. The van der Waals surface area contributed by atoms with Gasteiger partial charge in [-0.15, -0.1) is 10.2 Å². The van der Waals surface area contributed by atoms with Crippen LogP contribution in [0.15, 0.2) is 52.5 Å². The van der Waals surface area contributed by atoms with E-state index >= 15 is 0 Å². The predicted molar refractivity (Wildman–Crippen MR) is 113 cm³/mol. The zero-order valence-corrected chi connectivity index (χ0v) is 17.6. The van der Waals surface area contributed by atoms with E-state index in [1.807, 2.05) is 0 Å². The molecule has 0 saturated heterocycles. The van der Waals surface area contributed by atoms with E-state index in [4.69, 9.17) is 29.0 Å². The van der Waals surface area contributed by atoms with Crippen LogP contribution in [0.1, 0.15) is 0 Å². The molecule has 1 heterocycles. The molecule has 0 unspecified atom stereocenters. The molecule has 0 bridgehead atoms. The molecule has 0 aliphatic rings. The van der Waals surface area contributed by atoms with Crippen molar-refractivity contribution in [1.82, 2.24) is 14.9 Å². The monoisotopic (exact) mass is 475 g/mol. The maximum absolute atomic E-state index is 12.6. The molecule has 0 aliphatic heterocycles. The van der Waals surface area contributed by atoms with Crippen molar-refractivity contribution in [2.24, 2.45) is 0 Å². The summed E-state index contributed by atoms with van der Waals surface area (Å²) in [5.74, 6) is 3.28.